The Morgan fingerprint density at radius 2 is 1.69 bits per heavy atom. The van der Waals surface area contributed by atoms with Gasteiger partial charge >= 0.3 is 8.56 Å². The van der Waals surface area contributed by atoms with Crippen LogP contribution in [0.3, 0.4) is 0 Å². The van der Waals surface area contributed by atoms with Crippen molar-refractivity contribution in [1.82, 2.24) is 0 Å². The summed E-state index contributed by atoms with van der Waals surface area (Å²) in [6.07, 6.45) is 0.561. The summed E-state index contributed by atoms with van der Waals surface area (Å²) in [4.78, 5) is 0. The molecule has 0 saturated carbocycles. The van der Waals surface area contributed by atoms with Gasteiger partial charge in [-0.3, -0.25) is 0 Å². The number of ether oxygens (including phenoxy) is 1. The molecule has 0 aromatic heterocycles. The van der Waals surface area contributed by atoms with Gasteiger partial charge in [-0.2, -0.15) is 0 Å². The van der Waals surface area contributed by atoms with Crippen LogP contribution in [0.15, 0.2) is 0 Å². The first kappa shape index (κ1) is 13.1. The van der Waals surface area contributed by atoms with E-state index in [1.165, 1.54) is 0 Å². The van der Waals surface area contributed by atoms with Gasteiger partial charge in [-0.1, -0.05) is 0 Å². The smallest absolute Gasteiger partial charge is 0.366 e. The standard InChI is InChI=1S/C8H21NO3Si/c1-4-11-13(7-6-9,8-10-3)12-5-2/h4-9H2,1-3H3. The van der Waals surface area contributed by atoms with E-state index in [0.717, 1.165) is 6.04 Å². The van der Waals surface area contributed by atoms with E-state index in [0.29, 0.717) is 26.0 Å². The van der Waals surface area contributed by atoms with Crippen LogP contribution in [-0.4, -0.2) is 41.7 Å². The van der Waals surface area contributed by atoms with Crippen LogP contribution in [0.25, 0.3) is 0 Å². The SMILES string of the molecule is CCO[Si](CCN)(COC)OCC. The van der Waals surface area contributed by atoms with E-state index >= 15 is 0 Å². The predicted molar refractivity (Wildman–Crippen MR) is 54.7 cm³/mol. The van der Waals surface area contributed by atoms with Crippen molar-refractivity contribution >= 4 is 8.56 Å². The largest absolute Gasteiger partial charge is 0.393 e. The molecule has 5 heteroatoms. The molecule has 0 saturated heterocycles. The molecule has 0 fully saturated rings. The monoisotopic (exact) mass is 207 g/mol. The number of hydrogen-bond acceptors (Lipinski definition) is 4. The van der Waals surface area contributed by atoms with Crippen molar-refractivity contribution in [1.29, 1.82) is 0 Å². The molecule has 0 spiro atoms. The fourth-order valence-corrected chi connectivity index (χ4v) is 3.92. The summed E-state index contributed by atoms with van der Waals surface area (Å²) in [6.45, 7) is 5.85. The third-order valence-electron chi connectivity index (χ3n) is 1.70. The summed E-state index contributed by atoms with van der Waals surface area (Å²) < 4.78 is 16.4. The Morgan fingerprint density at radius 1 is 1.15 bits per heavy atom. The van der Waals surface area contributed by atoms with Gasteiger partial charge in [0.05, 0.1) is 6.23 Å². The van der Waals surface area contributed by atoms with E-state index in [4.69, 9.17) is 19.3 Å². The maximum atomic E-state index is 5.66. The van der Waals surface area contributed by atoms with Crippen molar-refractivity contribution in [2.24, 2.45) is 5.73 Å². The third-order valence-corrected chi connectivity index (χ3v) is 5.11. The Morgan fingerprint density at radius 3 is 2.00 bits per heavy atom. The number of nitrogens with two attached hydrogens (primary N) is 1. The Labute approximate surface area is 81.6 Å². The fraction of sp³-hybridized carbons (Fsp3) is 1.00. The average molecular weight is 207 g/mol. The third kappa shape index (κ3) is 4.73. The van der Waals surface area contributed by atoms with Gasteiger partial charge in [-0.25, -0.2) is 0 Å². The van der Waals surface area contributed by atoms with Crippen molar-refractivity contribution < 1.29 is 13.6 Å². The molecule has 4 nitrogen and oxygen atoms in total. The molecule has 0 unspecified atom stereocenters. The van der Waals surface area contributed by atoms with E-state index in [2.05, 4.69) is 0 Å². The summed E-state index contributed by atoms with van der Waals surface area (Å²) in [6, 6.07) is 0.794. The van der Waals surface area contributed by atoms with Crippen LogP contribution in [0.5, 0.6) is 0 Å². The minimum atomic E-state index is -2.14. The molecule has 2 N–H and O–H groups in total. The lowest BCUT2D eigenvalue weighted by molar-refractivity contribution is 0.132. The minimum Gasteiger partial charge on any atom is -0.393 e. The van der Waals surface area contributed by atoms with E-state index in [-0.39, 0.29) is 0 Å². The normalized spacial score (nSPS) is 12.0. The molecular formula is C8H21NO3Si. The summed E-state index contributed by atoms with van der Waals surface area (Å²) in [5.74, 6) is 0. The Kier molecular flexibility index (Phi) is 7.49. The zero-order valence-corrected chi connectivity index (χ0v) is 9.84. The number of rotatable bonds is 8. The zero-order chi connectivity index (χ0) is 10.2. The second-order valence-corrected chi connectivity index (χ2v) is 5.94. The highest BCUT2D eigenvalue weighted by molar-refractivity contribution is 6.67. The maximum Gasteiger partial charge on any atom is 0.366 e. The van der Waals surface area contributed by atoms with Crippen LogP contribution in [-0.2, 0) is 13.6 Å². The molecule has 0 atom stereocenters. The summed E-state index contributed by atoms with van der Waals surface area (Å²) >= 11 is 0. The number of hydrogen-bond donors (Lipinski definition) is 1. The Hall–Kier alpha value is 0.0569. The Bertz CT molecular complexity index is 94.4. The van der Waals surface area contributed by atoms with Gasteiger partial charge in [0.15, 0.2) is 0 Å². The van der Waals surface area contributed by atoms with E-state index < -0.39 is 8.56 Å². The highest BCUT2D eigenvalue weighted by Gasteiger charge is 2.36. The predicted octanol–water partition coefficient (Wildman–Crippen LogP) is 0.646. The first-order chi connectivity index (χ1) is 6.24. The molecule has 0 aliphatic carbocycles. The van der Waals surface area contributed by atoms with E-state index in [9.17, 15) is 0 Å². The van der Waals surface area contributed by atoms with Gasteiger partial charge in [0.1, 0.15) is 0 Å². The second kappa shape index (κ2) is 7.46. The molecule has 0 amide bonds. The quantitative estimate of drug-likeness (QED) is 0.594. The van der Waals surface area contributed by atoms with Crippen molar-refractivity contribution in [2.75, 3.05) is 33.1 Å². The zero-order valence-electron chi connectivity index (χ0n) is 8.84. The lowest BCUT2D eigenvalue weighted by atomic mass is 10.8. The fourth-order valence-electron chi connectivity index (χ4n) is 1.31. The molecule has 0 aromatic carbocycles. The first-order valence-corrected chi connectivity index (χ1v) is 6.94. The first-order valence-electron chi connectivity index (χ1n) is 4.71. The van der Waals surface area contributed by atoms with Crippen molar-refractivity contribution in [3.05, 3.63) is 0 Å². The van der Waals surface area contributed by atoms with Gasteiger partial charge in [0.2, 0.25) is 0 Å². The van der Waals surface area contributed by atoms with E-state index in [1.54, 1.807) is 7.11 Å². The molecule has 0 aliphatic heterocycles. The average Bonchev–Trinajstić information content (AvgIpc) is 2.06. The highest BCUT2D eigenvalue weighted by Crippen LogP contribution is 2.13. The minimum absolute atomic E-state index is 0.561. The molecular weight excluding hydrogens is 186 g/mol. The lowest BCUT2D eigenvalue weighted by Gasteiger charge is -2.28. The molecule has 0 heterocycles. The van der Waals surface area contributed by atoms with Crippen LogP contribution in [0.4, 0.5) is 0 Å². The van der Waals surface area contributed by atoms with Gasteiger partial charge in [0, 0.05) is 26.4 Å². The Balaban J connectivity index is 4.19. The molecule has 80 valence electrons. The summed E-state index contributed by atoms with van der Waals surface area (Å²) in [5.41, 5.74) is 5.52. The molecule has 13 heavy (non-hydrogen) atoms. The van der Waals surface area contributed by atoms with Gasteiger partial charge in [0.25, 0.3) is 0 Å². The van der Waals surface area contributed by atoms with Crippen LogP contribution in [0.1, 0.15) is 13.8 Å². The van der Waals surface area contributed by atoms with Crippen LogP contribution in [0.2, 0.25) is 6.04 Å². The summed E-state index contributed by atoms with van der Waals surface area (Å²) in [5, 5.41) is 0. The number of methoxy groups -OCH3 is 1. The van der Waals surface area contributed by atoms with Crippen molar-refractivity contribution in [3.63, 3.8) is 0 Å². The van der Waals surface area contributed by atoms with Gasteiger partial charge in [-0.15, -0.1) is 0 Å². The molecule has 0 rings (SSSR count). The van der Waals surface area contributed by atoms with Crippen LogP contribution >= 0.6 is 0 Å². The van der Waals surface area contributed by atoms with Gasteiger partial charge < -0.3 is 19.3 Å². The van der Waals surface area contributed by atoms with Crippen LogP contribution < -0.4 is 5.73 Å². The van der Waals surface area contributed by atoms with Crippen molar-refractivity contribution in [3.8, 4) is 0 Å². The lowest BCUT2D eigenvalue weighted by Crippen LogP contribution is -2.48. The summed E-state index contributed by atoms with van der Waals surface area (Å²) in [7, 11) is -0.480. The molecule has 0 radical (unpaired) electrons. The van der Waals surface area contributed by atoms with Gasteiger partial charge in [-0.05, 0) is 20.4 Å². The molecule has 0 bridgehead atoms. The second-order valence-electron chi connectivity index (χ2n) is 2.75. The van der Waals surface area contributed by atoms with Crippen molar-refractivity contribution in [2.45, 2.75) is 19.9 Å². The van der Waals surface area contributed by atoms with E-state index in [1.807, 2.05) is 13.8 Å². The highest BCUT2D eigenvalue weighted by atomic mass is 28.4. The van der Waals surface area contributed by atoms with Crippen LogP contribution in [0, 0.1) is 0 Å². The molecule has 0 aromatic rings. The topological polar surface area (TPSA) is 53.7 Å². The molecule has 0 aliphatic rings. The maximum absolute atomic E-state index is 5.66.